The Bertz CT molecular complexity index is 119. The van der Waals surface area contributed by atoms with Gasteiger partial charge in [0.1, 0.15) is 0 Å². The molecule has 0 heterocycles. The van der Waals surface area contributed by atoms with Gasteiger partial charge in [-0.25, -0.2) is 5.01 Å². The van der Waals surface area contributed by atoms with Gasteiger partial charge in [-0.05, 0) is 12.8 Å². The first-order chi connectivity index (χ1) is 5.19. The molecule has 0 atom stereocenters. The number of hydrogen-bond acceptors (Lipinski definition) is 3. The second kappa shape index (κ2) is 3.52. The summed E-state index contributed by atoms with van der Waals surface area (Å²) in [5.74, 6) is 5.79. The average Bonchev–Trinajstić information content (AvgIpc) is 2.04. The van der Waals surface area contributed by atoms with Crippen LogP contribution < -0.4 is 11.6 Å². The van der Waals surface area contributed by atoms with Crippen LogP contribution in [0.1, 0.15) is 39.0 Å². The van der Waals surface area contributed by atoms with E-state index in [1.807, 2.05) is 6.92 Å². The maximum Gasteiger partial charge on any atom is 0.0818 e. The van der Waals surface area contributed by atoms with Crippen molar-refractivity contribution in [1.29, 1.82) is 0 Å². The topological polar surface area (TPSA) is 55.3 Å². The fourth-order valence-electron chi connectivity index (χ4n) is 1.77. The third-order valence-corrected chi connectivity index (χ3v) is 2.63. The van der Waals surface area contributed by atoms with Gasteiger partial charge in [-0.15, -0.1) is 0 Å². The lowest BCUT2D eigenvalue weighted by molar-refractivity contribution is 0.0600. The predicted molar refractivity (Wildman–Crippen MR) is 46.6 cm³/mol. The maximum absolute atomic E-state index is 6.11. The van der Waals surface area contributed by atoms with Crippen molar-refractivity contribution in [2.24, 2.45) is 11.6 Å². The minimum absolute atomic E-state index is 0.201. The molecule has 0 unspecified atom stereocenters. The van der Waals surface area contributed by atoms with Crippen molar-refractivity contribution >= 4 is 0 Å². The van der Waals surface area contributed by atoms with Gasteiger partial charge in [0.05, 0.1) is 5.66 Å². The van der Waals surface area contributed by atoms with Gasteiger partial charge in [0.15, 0.2) is 0 Å². The molecule has 3 heteroatoms. The molecule has 1 saturated carbocycles. The monoisotopic (exact) mass is 157 g/mol. The smallest absolute Gasteiger partial charge is 0.0818 e. The molecule has 1 aliphatic carbocycles. The highest BCUT2D eigenvalue weighted by Crippen LogP contribution is 2.26. The molecule has 0 aromatic carbocycles. The van der Waals surface area contributed by atoms with Crippen molar-refractivity contribution in [3.63, 3.8) is 0 Å². The molecule has 4 N–H and O–H groups in total. The summed E-state index contributed by atoms with van der Waals surface area (Å²) in [6, 6.07) is 0. The summed E-state index contributed by atoms with van der Waals surface area (Å²) in [5, 5.41) is 1.78. The van der Waals surface area contributed by atoms with Crippen LogP contribution in [0.4, 0.5) is 0 Å². The predicted octanol–water partition coefficient (Wildman–Crippen LogP) is 0.801. The minimum Gasteiger partial charge on any atom is -0.312 e. The number of hydrogen-bond donors (Lipinski definition) is 2. The van der Waals surface area contributed by atoms with Crippen LogP contribution in [0, 0.1) is 0 Å². The second-order valence-corrected chi connectivity index (χ2v) is 3.45. The van der Waals surface area contributed by atoms with Crippen molar-refractivity contribution in [2.75, 3.05) is 6.54 Å². The Morgan fingerprint density at radius 1 is 1.27 bits per heavy atom. The van der Waals surface area contributed by atoms with E-state index < -0.39 is 0 Å². The van der Waals surface area contributed by atoms with E-state index in [0.717, 1.165) is 19.4 Å². The number of rotatable bonds is 2. The SMILES string of the molecule is CCN(N)C1(N)CCCCC1. The molecule has 1 aliphatic rings. The number of nitrogens with zero attached hydrogens (tertiary/aromatic N) is 1. The van der Waals surface area contributed by atoms with Gasteiger partial charge in [-0.2, -0.15) is 0 Å². The van der Waals surface area contributed by atoms with Crippen LogP contribution in [0.25, 0.3) is 0 Å². The highest BCUT2D eigenvalue weighted by molar-refractivity contribution is 4.84. The van der Waals surface area contributed by atoms with E-state index in [2.05, 4.69) is 0 Å². The fourth-order valence-corrected chi connectivity index (χ4v) is 1.77. The molecule has 1 rings (SSSR count). The largest absolute Gasteiger partial charge is 0.312 e. The van der Waals surface area contributed by atoms with E-state index in [4.69, 9.17) is 11.6 Å². The maximum atomic E-state index is 6.11. The molecule has 0 bridgehead atoms. The third-order valence-electron chi connectivity index (χ3n) is 2.63. The summed E-state index contributed by atoms with van der Waals surface area (Å²) < 4.78 is 0. The molecule has 0 spiro atoms. The molecule has 11 heavy (non-hydrogen) atoms. The van der Waals surface area contributed by atoms with Gasteiger partial charge in [-0.1, -0.05) is 26.2 Å². The van der Waals surface area contributed by atoms with E-state index >= 15 is 0 Å². The molecule has 0 saturated heterocycles. The van der Waals surface area contributed by atoms with Crippen molar-refractivity contribution in [3.05, 3.63) is 0 Å². The Hall–Kier alpha value is -0.120. The van der Waals surface area contributed by atoms with Crippen LogP contribution in [0.3, 0.4) is 0 Å². The van der Waals surface area contributed by atoms with Crippen LogP contribution >= 0.6 is 0 Å². The molecule has 1 fully saturated rings. The van der Waals surface area contributed by atoms with Gasteiger partial charge >= 0.3 is 0 Å². The standard InChI is InChI=1S/C8H19N3/c1-2-11(10)8(9)6-4-3-5-7-8/h2-7,9-10H2,1H3. The summed E-state index contributed by atoms with van der Waals surface area (Å²) in [4.78, 5) is 0. The highest BCUT2D eigenvalue weighted by Gasteiger charge is 2.31. The van der Waals surface area contributed by atoms with E-state index in [1.165, 1.54) is 19.3 Å². The van der Waals surface area contributed by atoms with Crippen LogP contribution in [0.15, 0.2) is 0 Å². The molecule has 0 aromatic heterocycles. The summed E-state index contributed by atoms with van der Waals surface area (Å²) in [6.07, 6.45) is 5.87. The molecule has 3 nitrogen and oxygen atoms in total. The molecule has 0 aliphatic heterocycles. The Morgan fingerprint density at radius 2 is 1.82 bits per heavy atom. The first-order valence-electron chi connectivity index (χ1n) is 4.50. The normalized spacial score (nSPS) is 24.0. The molecule has 0 amide bonds. The van der Waals surface area contributed by atoms with Crippen LogP contribution in [-0.2, 0) is 0 Å². The van der Waals surface area contributed by atoms with Crippen molar-refractivity contribution in [1.82, 2.24) is 5.01 Å². The Balaban J connectivity index is 2.49. The van der Waals surface area contributed by atoms with Crippen LogP contribution in [-0.4, -0.2) is 17.2 Å². The lowest BCUT2D eigenvalue weighted by Crippen LogP contribution is -2.60. The van der Waals surface area contributed by atoms with E-state index in [1.54, 1.807) is 5.01 Å². The molecule has 66 valence electrons. The zero-order valence-corrected chi connectivity index (χ0v) is 7.34. The van der Waals surface area contributed by atoms with Crippen molar-refractivity contribution in [3.8, 4) is 0 Å². The first-order valence-corrected chi connectivity index (χ1v) is 4.50. The molecule has 0 radical (unpaired) electrons. The van der Waals surface area contributed by atoms with Crippen molar-refractivity contribution in [2.45, 2.75) is 44.7 Å². The van der Waals surface area contributed by atoms with Gasteiger partial charge in [0.2, 0.25) is 0 Å². The van der Waals surface area contributed by atoms with E-state index in [9.17, 15) is 0 Å². The van der Waals surface area contributed by atoms with Gasteiger partial charge in [0, 0.05) is 6.54 Å². The Labute approximate surface area is 68.7 Å². The van der Waals surface area contributed by atoms with Crippen molar-refractivity contribution < 1.29 is 0 Å². The fraction of sp³-hybridized carbons (Fsp3) is 1.00. The van der Waals surface area contributed by atoms with Gasteiger partial charge < -0.3 is 5.73 Å². The average molecular weight is 157 g/mol. The summed E-state index contributed by atoms with van der Waals surface area (Å²) >= 11 is 0. The summed E-state index contributed by atoms with van der Waals surface area (Å²) in [7, 11) is 0. The Morgan fingerprint density at radius 3 is 2.27 bits per heavy atom. The quantitative estimate of drug-likeness (QED) is 0.354. The summed E-state index contributed by atoms with van der Waals surface area (Å²) in [6.45, 7) is 2.89. The second-order valence-electron chi connectivity index (χ2n) is 3.45. The number of nitrogens with two attached hydrogens (primary N) is 2. The lowest BCUT2D eigenvalue weighted by atomic mass is 9.89. The third kappa shape index (κ3) is 1.92. The summed E-state index contributed by atoms with van der Waals surface area (Å²) in [5.41, 5.74) is 5.91. The lowest BCUT2D eigenvalue weighted by Gasteiger charge is -2.40. The zero-order chi connectivity index (χ0) is 8.32. The van der Waals surface area contributed by atoms with Gasteiger partial charge in [0.25, 0.3) is 0 Å². The van der Waals surface area contributed by atoms with Gasteiger partial charge in [-0.3, -0.25) is 5.84 Å². The first kappa shape index (κ1) is 8.97. The highest BCUT2D eigenvalue weighted by atomic mass is 15.5. The number of hydrazine groups is 1. The minimum atomic E-state index is -0.201. The molecular formula is C8H19N3. The molecule has 0 aromatic rings. The Kier molecular flexibility index (Phi) is 2.87. The van der Waals surface area contributed by atoms with E-state index in [-0.39, 0.29) is 5.66 Å². The van der Waals surface area contributed by atoms with Crippen LogP contribution in [0.5, 0.6) is 0 Å². The zero-order valence-electron chi connectivity index (χ0n) is 7.34. The van der Waals surface area contributed by atoms with E-state index in [0.29, 0.717) is 0 Å². The van der Waals surface area contributed by atoms with Crippen LogP contribution in [0.2, 0.25) is 0 Å². The molecular weight excluding hydrogens is 138 g/mol.